The van der Waals surface area contributed by atoms with Crippen molar-refractivity contribution in [2.45, 2.75) is 31.4 Å². The molecule has 142 valence electrons. The molecule has 1 heterocycles. The molecule has 1 saturated heterocycles. The smallest absolute Gasteiger partial charge is 0.429 e. The zero-order valence-electron chi connectivity index (χ0n) is 13.3. The Morgan fingerprint density at radius 2 is 1.85 bits per heavy atom. The first-order valence-electron chi connectivity index (χ1n) is 6.99. The molecule has 0 spiro atoms. The third kappa shape index (κ3) is 4.73. The van der Waals surface area contributed by atoms with Gasteiger partial charge in [0.25, 0.3) is 11.4 Å². The summed E-state index contributed by atoms with van der Waals surface area (Å²) >= 11 is 10.6. The van der Waals surface area contributed by atoms with Gasteiger partial charge >= 0.3 is 18.0 Å². The third-order valence-corrected chi connectivity index (χ3v) is 3.52. The highest BCUT2D eigenvalue weighted by atomic mass is 35.5. The van der Waals surface area contributed by atoms with Gasteiger partial charge in [-0.25, -0.2) is 14.0 Å². The second kappa shape index (κ2) is 7.24. The first-order valence-corrected chi connectivity index (χ1v) is 7.80. The lowest BCUT2D eigenvalue weighted by atomic mass is 10.2. The van der Waals surface area contributed by atoms with Gasteiger partial charge in [-0.3, -0.25) is 0 Å². The number of hydrogen-bond donors (Lipinski definition) is 1. The van der Waals surface area contributed by atoms with Crippen molar-refractivity contribution in [1.82, 2.24) is 0 Å². The van der Waals surface area contributed by atoms with Crippen LogP contribution in [0, 0.1) is 0 Å². The molecular formula is C15H12Cl2F3NO5. The number of esters is 2. The van der Waals surface area contributed by atoms with E-state index in [1.165, 1.54) is 19.9 Å². The summed E-state index contributed by atoms with van der Waals surface area (Å²) in [7, 11) is 0. The standard InChI is InChI=1S/C15H12Cl2F3NO5/c1-14(2)25-11(22)8(12(23)26-14)6-21-10-5-7(3-4-9(10)16)24-15(19,20)13(17)18/h3-6,13,21H,1-2H3. The number of carbonyl (C=O) groups excluding carboxylic acids is 2. The van der Waals surface area contributed by atoms with Gasteiger partial charge in [-0.15, -0.1) is 0 Å². The summed E-state index contributed by atoms with van der Waals surface area (Å²) in [5.74, 6) is -3.77. The van der Waals surface area contributed by atoms with E-state index >= 15 is 0 Å². The molecule has 1 unspecified atom stereocenters. The summed E-state index contributed by atoms with van der Waals surface area (Å²) < 4.78 is 53.0. The number of benzene rings is 1. The Hall–Kier alpha value is -2.13. The lowest BCUT2D eigenvalue weighted by Crippen LogP contribution is -2.42. The Kier molecular flexibility index (Phi) is 5.62. The van der Waals surface area contributed by atoms with Gasteiger partial charge in [0.05, 0.1) is 10.7 Å². The predicted octanol–water partition coefficient (Wildman–Crippen LogP) is 3.98. The van der Waals surface area contributed by atoms with Gasteiger partial charge in [0.1, 0.15) is 5.75 Å². The number of anilines is 1. The first-order chi connectivity index (χ1) is 11.9. The van der Waals surface area contributed by atoms with E-state index in [1.807, 2.05) is 0 Å². The average Bonchev–Trinajstić information content (AvgIpc) is 2.47. The summed E-state index contributed by atoms with van der Waals surface area (Å²) in [4.78, 5) is 23.6. The van der Waals surface area contributed by atoms with Crippen molar-refractivity contribution in [3.05, 3.63) is 35.0 Å². The largest absolute Gasteiger partial charge is 0.444 e. The molecule has 11 heteroatoms. The molecule has 0 bridgehead atoms. The van der Waals surface area contributed by atoms with Crippen LogP contribution in [-0.2, 0) is 19.1 Å². The molecule has 1 fully saturated rings. The van der Waals surface area contributed by atoms with Crippen molar-refractivity contribution in [1.29, 1.82) is 0 Å². The quantitative estimate of drug-likeness (QED) is 0.340. The number of hydrogen-bond acceptors (Lipinski definition) is 6. The number of nitrogens with one attached hydrogen (secondary N) is 1. The minimum Gasteiger partial charge on any atom is -0.429 e. The Morgan fingerprint density at radius 1 is 1.27 bits per heavy atom. The van der Waals surface area contributed by atoms with Gasteiger partial charge in [0.2, 0.25) is 0 Å². The fourth-order valence-corrected chi connectivity index (χ4v) is 2.03. The topological polar surface area (TPSA) is 73.9 Å². The van der Waals surface area contributed by atoms with Crippen LogP contribution in [0.25, 0.3) is 0 Å². The van der Waals surface area contributed by atoms with Crippen LogP contribution in [0.2, 0.25) is 5.02 Å². The number of carbonyl (C=O) groups is 2. The van der Waals surface area contributed by atoms with E-state index in [-0.39, 0.29) is 10.7 Å². The van der Waals surface area contributed by atoms with Crippen LogP contribution in [-0.4, -0.2) is 29.5 Å². The van der Waals surface area contributed by atoms with Crippen molar-refractivity contribution < 1.29 is 37.0 Å². The lowest BCUT2D eigenvalue weighted by Gasteiger charge is -2.29. The van der Waals surface area contributed by atoms with Crippen molar-refractivity contribution in [2.24, 2.45) is 0 Å². The van der Waals surface area contributed by atoms with Crippen LogP contribution in [0.5, 0.6) is 5.75 Å². The Balaban J connectivity index is 2.21. The Bertz CT molecular complexity index is 746. The highest BCUT2D eigenvalue weighted by Crippen LogP contribution is 2.33. The summed E-state index contributed by atoms with van der Waals surface area (Å²) in [5, 5.41) is 2.52. The molecular weight excluding hydrogens is 402 g/mol. The van der Waals surface area contributed by atoms with Gasteiger partial charge in [-0.1, -0.05) is 23.2 Å². The number of ether oxygens (including phenoxy) is 3. The number of cyclic esters (lactones) is 2. The zero-order valence-corrected chi connectivity index (χ0v) is 14.8. The number of halogens is 5. The molecule has 26 heavy (non-hydrogen) atoms. The summed E-state index contributed by atoms with van der Waals surface area (Å²) in [6, 6.07) is 3.23. The van der Waals surface area contributed by atoms with E-state index < -0.39 is 40.8 Å². The summed E-state index contributed by atoms with van der Waals surface area (Å²) in [6.45, 7) is 2.75. The highest BCUT2D eigenvalue weighted by molar-refractivity contribution is 6.33. The molecule has 0 aliphatic carbocycles. The predicted molar refractivity (Wildman–Crippen MR) is 85.7 cm³/mol. The number of alkyl halides is 4. The molecule has 1 aliphatic heterocycles. The SMILES string of the molecule is CC1(C)OC(=O)C(=CNc2cc(OC(F)(F)C(F)Cl)ccc2Cl)C(=O)O1. The fraction of sp³-hybridized carbons (Fsp3) is 0.333. The average molecular weight is 414 g/mol. The molecule has 2 rings (SSSR count). The molecule has 1 aromatic carbocycles. The lowest BCUT2D eigenvalue weighted by molar-refractivity contribution is -0.222. The Morgan fingerprint density at radius 3 is 2.38 bits per heavy atom. The molecule has 0 aromatic heterocycles. The maximum Gasteiger partial charge on any atom is 0.444 e. The van der Waals surface area contributed by atoms with Crippen molar-refractivity contribution >= 4 is 40.8 Å². The molecule has 1 aliphatic rings. The second-order valence-electron chi connectivity index (χ2n) is 5.49. The molecule has 0 amide bonds. The number of rotatable bonds is 5. The van der Waals surface area contributed by atoms with Crippen LogP contribution in [0.15, 0.2) is 30.0 Å². The van der Waals surface area contributed by atoms with Gasteiger partial charge in [0.15, 0.2) is 5.57 Å². The van der Waals surface area contributed by atoms with E-state index in [4.69, 9.17) is 32.7 Å². The van der Waals surface area contributed by atoms with Crippen LogP contribution < -0.4 is 10.1 Å². The van der Waals surface area contributed by atoms with E-state index in [2.05, 4.69) is 10.1 Å². The molecule has 1 N–H and O–H groups in total. The minimum atomic E-state index is -4.27. The van der Waals surface area contributed by atoms with E-state index in [1.54, 1.807) is 0 Å². The monoisotopic (exact) mass is 413 g/mol. The maximum absolute atomic E-state index is 13.2. The fourth-order valence-electron chi connectivity index (χ4n) is 1.81. The van der Waals surface area contributed by atoms with E-state index in [9.17, 15) is 22.8 Å². The maximum atomic E-state index is 13.2. The van der Waals surface area contributed by atoms with E-state index in [0.717, 1.165) is 18.3 Å². The van der Waals surface area contributed by atoms with Crippen LogP contribution in [0.4, 0.5) is 18.9 Å². The summed E-state index contributed by atoms with van der Waals surface area (Å²) in [5.41, 5.74) is -3.55. The van der Waals surface area contributed by atoms with Crippen LogP contribution in [0.3, 0.4) is 0 Å². The molecule has 0 saturated carbocycles. The molecule has 1 atom stereocenters. The van der Waals surface area contributed by atoms with Crippen molar-refractivity contribution in [3.8, 4) is 5.75 Å². The molecule has 0 radical (unpaired) electrons. The van der Waals surface area contributed by atoms with Crippen LogP contribution in [0.1, 0.15) is 13.8 Å². The van der Waals surface area contributed by atoms with Gasteiger partial charge in [0, 0.05) is 26.1 Å². The second-order valence-corrected chi connectivity index (χ2v) is 6.28. The van der Waals surface area contributed by atoms with E-state index in [0.29, 0.717) is 0 Å². The Labute approximate surface area is 155 Å². The molecule has 1 aromatic rings. The zero-order chi connectivity index (χ0) is 19.7. The van der Waals surface area contributed by atoms with Crippen LogP contribution >= 0.6 is 23.2 Å². The van der Waals surface area contributed by atoms with Crippen molar-refractivity contribution in [2.75, 3.05) is 5.32 Å². The highest BCUT2D eigenvalue weighted by Gasteiger charge is 2.42. The molecule has 6 nitrogen and oxygen atoms in total. The van der Waals surface area contributed by atoms with Crippen molar-refractivity contribution in [3.63, 3.8) is 0 Å². The van der Waals surface area contributed by atoms with Gasteiger partial charge < -0.3 is 19.5 Å². The third-order valence-electron chi connectivity index (χ3n) is 2.93. The normalized spacial score (nSPS) is 17.9. The minimum absolute atomic E-state index is 0.0112. The van der Waals surface area contributed by atoms with Gasteiger partial charge in [-0.05, 0) is 12.1 Å². The summed E-state index contributed by atoms with van der Waals surface area (Å²) in [6.07, 6.45) is -3.34. The first kappa shape index (κ1) is 20.2. The van der Waals surface area contributed by atoms with Gasteiger partial charge in [-0.2, -0.15) is 8.78 Å².